The van der Waals surface area contributed by atoms with Gasteiger partial charge >= 0.3 is 7.12 Å². The average Bonchev–Trinajstić information content (AvgIpc) is 2.79. The zero-order valence-electron chi connectivity index (χ0n) is 16.0. The first-order chi connectivity index (χ1) is 10.8. The first-order valence-corrected chi connectivity index (χ1v) is 8.49. The van der Waals surface area contributed by atoms with E-state index in [1.54, 1.807) is 0 Å². The molecule has 24 heavy (non-hydrogen) atoms. The van der Waals surface area contributed by atoms with Gasteiger partial charge in [0.2, 0.25) is 0 Å². The molecular weight excluding hydrogens is 305 g/mol. The molecule has 0 saturated carbocycles. The molecule has 0 radical (unpaired) electrons. The van der Waals surface area contributed by atoms with E-state index in [9.17, 15) is 0 Å². The van der Waals surface area contributed by atoms with Gasteiger partial charge in [-0.3, -0.25) is 0 Å². The maximum absolute atomic E-state index is 6.08. The van der Waals surface area contributed by atoms with E-state index in [1.807, 2.05) is 52.0 Å². The molecule has 5 nitrogen and oxygen atoms in total. The zero-order chi connectivity index (χ0) is 18.0. The Morgan fingerprint density at radius 2 is 1.08 bits per heavy atom. The third-order valence-corrected chi connectivity index (χ3v) is 5.70. The molecule has 3 rings (SSSR count). The van der Waals surface area contributed by atoms with Gasteiger partial charge in [-0.05, 0) is 73.0 Å². The summed E-state index contributed by atoms with van der Waals surface area (Å²) in [6.45, 7) is 16.3. The van der Waals surface area contributed by atoms with Gasteiger partial charge in [0.15, 0.2) is 0 Å². The molecule has 2 aliphatic rings. The van der Waals surface area contributed by atoms with Crippen molar-refractivity contribution in [1.82, 2.24) is 0 Å². The molecule has 0 bridgehead atoms. The van der Waals surface area contributed by atoms with E-state index >= 15 is 0 Å². The molecular formula is C18H28BNO4. The smallest absolute Gasteiger partial charge is 0.399 e. The minimum absolute atomic E-state index is 0.342. The molecule has 0 amide bonds. The number of hydrogen-bond acceptors (Lipinski definition) is 5. The lowest BCUT2D eigenvalue weighted by molar-refractivity contribution is -0.0273. The summed E-state index contributed by atoms with van der Waals surface area (Å²) in [6.07, 6.45) is 0. The second-order valence-corrected chi connectivity index (χ2v) is 8.64. The lowest BCUT2D eigenvalue weighted by Crippen LogP contribution is -2.41. The van der Waals surface area contributed by atoms with Gasteiger partial charge in [-0.15, -0.1) is 5.23 Å². The Morgan fingerprint density at radius 1 is 0.667 bits per heavy atom. The quantitative estimate of drug-likeness (QED) is 0.777. The maximum Gasteiger partial charge on any atom is 0.494 e. The molecule has 132 valence electrons. The summed E-state index contributed by atoms with van der Waals surface area (Å²) in [7, 11) is -0.364. The van der Waals surface area contributed by atoms with Gasteiger partial charge in [-0.25, -0.2) is 9.68 Å². The lowest BCUT2D eigenvalue weighted by atomic mass is 9.79. The summed E-state index contributed by atoms with van der Waals surface area (Å²) >= 11 is 0. The SMILES string of the molecule is CC1(C)OB(c2ccc(N3OC(C)(C)C(C)(C)O3)cc2)OC1(C)C. The van der Waals surface area contributed by atoms with Crippen molar-refractivity contribution in [3.8, 4) is 0 Å². The van der Waals surface area contributed by atoms with Crippen LogP contribution in [0.4, 0.5) is 5.69 Å². The molecule has 1 aromatic rings. The average molecular weight is 333 g/mol. The molecule has 0 unspecified atom stereocenters. The van der Waals surface area contributed by atoms with Crippen molar-refractivity contribution in [2.24, 2.45) is 0 Å². The molecule has 2 heterocycles. The van der Waals surface area contributed by atoms with Gasteiger partial charge in [0.25, 0.3) is 0 Å². The Hall–Kier alpha value is -1.08. The van der Waals surface area contributed by atoms with Crippen LogP contribution < -0.4 is 10.7 Å². The maximum atomic E-state index is 6.08. The number of anilines is 1. The monoisotopic (exact) mass is 333 g/mol. The standard InChI is InChI=1S/C18H28BNO4/c1-15(2)16(3,4)22-19(21-15)13-9-11-14(12-10-13)20-23-17(5,6)18(7,8)24-20/h9-12H,1-8H3. The predicted octanol–water partition coefficient (Wildman–Crippen LogP) is 3.23. The summed E-state index contributed by atoms with van der Waals surface area (Å²) in [5, 5.41) is 1.49. The third kappa shape index (κ3) is 2.75. The first kappa shape index (κ1) is 17.7. The third-order valence-electron chi connectivity index (χ3n) is 5.70. The summed E-state index contributed by atoms with van der Waals surface area (Å²) in [4.78, 5) is 11.9. The second kappa shape index (κ2) is 5.21. The van der Waals surface area contributed by atoms with Crippen molar-refractivity contribution in [2.75, 3.05) is 5.23 Å². The Morgan fingerprint density at radius 3 is 1.50 bits per heavy atom. The van der Waals surface area contributed by atoms with Gasteiger partial charge in [0, 0.05) is 0 Å². The van der Waals surface area contributed by atoms with Crippen molar-refractivity contribution >= 4 is 18.3 Å². The molecule has 0 atom stereocenters. The van der Waals surface area contributed by atoms with Crippen LogP contribution in [-0.2, 0) is 19.0 Å². The summed E-state index contributed by atoms with van der Waals surface area (Å²) in [5.41, 5.74) is 0.329. The Balaban J connectivity index is 1.76. The van der Waals surface area contributed by atoms with Gasteiger partial charge < -0.3 is 9.31 Å². The predicted molar refractivity (Wildman–Crippen MR) is 95.0 cm³/mol. The minimum atomic E-state index is -0.405. The first-order valence-electron chi connectivity index (χ1n) is 8.49. The van der Waals surface area contributed by atoms with Crippen LogP contribution in [0.2, 0.25) is 0 Å². The highest BCUT2D eigenvalue weighted by atomic mass is 17.0. The van der Waals surface area contributed by atoms with Crippen LogP contribution in [0.15, 0.2) is 24.3 Å². The van der Waals surface area contributed by atoms with Crippen molar-refractivity contribution in [3.05, 3.63) is 24.3 Å². The lowest BCUT2D eigenvalue weighted by Gasteiger charge is -2.32. The van der Waals surface area contributed by atoms with Gasteiger partial charge in [0.1, 0.15) is 11.2 Å². The van der Waals surface area contributed by atoms with Crippen molar-refractivity contribution < 1.29 is 19.0 Å². The molecule has 2 aliphatic heterocycles. The zero-order valence-corrected chi connectivity index (χ0v) is 16.0. The largest absolute Gasteiger partial charge is 0.494 e. The Bertz CT molecular complexity index is 537. The topological polar surface area (TPSA) is 40.2 Å². The molecule has 0 aliphatic carbocycles. The number of hydrogen-bond donors (Lipinski definition) is 0. The molecule has 0 N–H and O–H groups in total. The fraction of sp³-hybridized carbons (Fsp3) is 0.667. The van der Waals surface area contributed by atoms with Gasteiger partial charge in [-0.2, -0.15) is 0 Å². The molecule has 2 fully saturated rings. The number of benzene rings is 1. The van der Waals surface area contributed by atoms with E-state index in [0.29, 0.717) is 0 Å². The van der Waals surface area contributed by atoms with Crippen LogP contribution in [0, 0.1) is 0 Å². The molecule has 1 aromatic carbocycles. The van der Waals surface area contributed by atoms with Crippen LogP contribution in [-0.4, -0.2) is 29.5 Å². The van der Waals surface area contributed by atoms with E-state index in [-0.39, 0.29) is 18.3 Å². The Kier molecular flexibility index (Phi) is 3.85. The molecule has 0 spiro atoms. The van der Waals surface area contributed by atoms with Crippen LogP contribution in [0.1, 0.15) is 55.4 Å². The second-order valence-electron chi connectivity index (χ2n) is 8.64. The number of rotatable bonds is 2. The number of nitrogens with zero attached hydrogens (tertiary/aromatic N) is 1. The van der Waals surface area contributed by atoms with Crippen molar-refractivity contribution in [2.45, 2.75) is 77.8 Å². The highest BCUT2D eigenvalue weighted by molar-refractivity contribution is 6.62. The minimum Gasteiger partial charge on any atom is -0.399 e. The van der Waals surface area contributed by atoms with Crippen LogP contribution in [0.5, 0.6) is 0 Å². The van der Waals surface area contributed by atoms with E-state index in [4.69, 9.17) is 19.0 Å². The van der Waals surface area contributed by atoms with E-state index in [0.717, 1.165) is 11.2 Å². The van der Waals surface area contributed by atoms with E-state index in [2.05, 4.69) is 27.7 Å². The molecule has 6 heteroatoms. The Labute approximate surface area is 145 Å². The molecule has 0 aromatic heterocycles. The van der Waals surface area contributed by atoms with Crippen LogP contribution in [0.3, 0.4) is 0 Å². The molecule has 2 saturated heterocycles. The summed E-state index contributed by atoms with van der Waals surface area (Å²) < 4.78 is 12.2. The highest BCUT2D eigenvalue weighted by Gasteiger charge is 2.52. The normalized spacial score (nSPS) is 26.8. The van der Waals surface area contributed by atoms with Gasteiger partial charge in [-0.1, -0.05) is 12.1 Å². The van der Waals surface area contributed by atoms with E-state index in [1.165, 1.54) is 5.23 Å². The highest BCUT2D eigenvalue weighted by Crippen LogP contribution is 2.40. The van der Waals surface area contributed by atoms with Crippen LogP contribution in [0.25, 0.3) is 0 Å². The summed E-state index contributed by atoms with van der Waals surface area (Å²) in [5.74, 6) is 0. The van der Waals surface area contributed by atoms with Crippen molar-refractivity contribution in [1.29, 1.82) is 0 Å². The fourth-order valence-corrected chi connectivity index (χ4v) is 2.49. The van der Waals surface area contributed by atoms with E-state index < -0.39 is 11.2 Å². The van der Waals surface area contributed by atoms with Crippen molar-refractivity contribution in [3.63, 3.8) is 0 Å². The van der Waals surface area contributed by atoms with Gasteiger partial charge in [0.05, 0.1) is 16.9 Å². The fourth-order valence-electron chi connectivity index (χ4n) is 2.49. The summed E-state index contributed by atoms with van der Waals surface area (Å²) in [6, 6.07) is 7.89. The van der Waals surface area contributed by atoms with Crippen LogP contribution >= 0.6 is 0 Å².